The van der Waals surface area contributed by atoms with E-state index in [0.29, 0.717) is 11.3 Å². The van der Waals surface area contributed by atoms with Gasteiger partial charge in [0, 0.05) is 5.56 Å². The van der Waals surface area contributed by atoms with Crippen molar-refractivity contribution in [2.75, 3.05) is 14.2 Å². The number of amides is 1. The minimum Gasteiger partial charge on any atom is -0.496 e. The van der Waals surface area contributed by atoms with Crippen molar-refractivity contribution in [1.29, 1.82) is 0 Å². The molecule has 0 saturated heterocycles. The molecular formula is C17H19NO3. The van der Waals surface area contributed by atoms with Crippen molar-refractivity contribution < 1.29 is 14.3 Å². The summed E-state index contributed by atoms with van der Waals surface area (Å²) in [6, 6.07) is 14.6. The zero-order valence-corrected chi connectivity index (χ0v) is 12.4. The van der Waals surface area contributed by atoms with Gasteiger partial charge >= 0.3 is 0 Å². The van der Waals surface area contributed by atoms with Crippen LogP contribution in [-0.2, 0) is 0 Å². The van der Waals surface area contributed by atoms with Crippen LogP contribution in [0.15, 0.2) is 48.5 Å². The van der Waals surface area contributed by atoms with E-state index in [0.717, 1.165) is 11.3 Å². The molecule has 0 spiro atoms. The van der Waals surface area contributed by atoms with Gasteiger partial charge in [-0.15, -0.1) is 0 Å². The second-order valence-corrected chi connectivity index (χ2v) is 4.64. The van der Waals surface area contributed by atoms with Crippen LogP contribution in [0.25, 0.3) is 0 Å². The van der Waals surface area contributed by atoms with Gasteiger partial charge in [-0.1, -0.05) is 30.3 Å². The third-order valence-electron chi connectivity index (χ3n) is 3.30. The van der Waals surface area contributed by atoms with Crippen LogP contribution in [0.2, 0.25) is 0 Å². The molecule has 0 fully saturated rings. The molecule has 110 valence electrons. The quantitative estimate of drug-likeness (QED) is 0.917. The molecule has 1 N–H and O–H groups in total. The molecule has 4 nitrogen and oxygen atoms in total. The minimum absolute atomic E-state index is 0.168. The Morgan fingerprint density at radius 2 is 1.52 bits per heavy atom. The zero-order valence-electron chi connectivity index (χ0n) is 12.4. The molecule has 0 aliphatic rings. The Labute approximate surface area is 124 Å². The number of carbonyl (C=O) groups is 1. The summed E-state index contributed by atoms with van der Waals surface area (Å²) < 4.78 is 10.5. The number of carbonyl (C=O) groups excluding carboxylic acids is 1. The third-order valence-corrected chi connectivity index (χ3v) is 3.30. The van der Waals surface area contributed by atoms with Gasteiger partial charge in [0.25, 0.3) is 5.91 Å². The van der Waals surface area contributed by atoms with E-state index in [1.165, 1.54) is 0 Å². The number of benzene rings is 2. The fourth-order valence-electron chi connectivity index (χ4n) is 2.21. The van der Waals surface area contributed by atoms with Crippen LogP contribution in [0.5, 0.6) is 11.5 Å². The van der Waals surface area contributed by atoms with Crippen LogP contribution in [0.4, 0.5) is 0 Å². The Bertz CT molecular complexity index is 625. The van der Waals surface area contributed by atoms with Crippen molar-refractivity contribution in [3.8, 4) is 11.5 Å². The van der Waals surface area contributed by atoms with Gasteiger partial charge in [0.15, 0.2) is 0 Å². The van der Waals surface area contributed by atoms with Crippen LogP contribution in [0, 0.1) is 0 Å². The van der Waals surface area contributed by atoms with Gasteiger partial charge in [-0.3, -0.25) is 4.79 Å². The molecule has 0 heterocycles. The van der Waals surface area contributed by atoms with Gasteiger partial charge in [-0.05, 0) is 25.1 Å². The second-order valence-electron chi connectivity index (χ2n) is 4.64. The molecule has 21 heavy (non-hydrogen) atoms. The van der Waals surface area contributed by atoms with E-state index < -0.39 is 0 Å². The van der Waals surface area contributed by atoms with Crippen molar-refractivity contribution in [2.45, 2.75) is 13.0 Å². The lowest BCUT2D eigenvalue weighted by Gasteiger charge is -2.18. The first-order valence-electron chi connectivity index (χ1n) is 6.74. The molecule has 0 unspecified atom stereocenters. The van der Waals surface area contributed by atoms with E-state index >= 15 is 0 Å². The highest BCUT2D eigenvalue weighted by Gasteiger charge is 2.17. The fourth-order valence-corrected chi connectivity index (χ4v) is 2.21. The minimum atomic E-state index is -0.175. The van der Waals surface area contributed by atoms with Gasteiger partial charge in [0.1, 0.15) is 11.5 Å². The van der Waals surface area contributed by atoms with Crippen LogP contribution in [-0.4, -0.2) is 20.1 Å². The third kappa shape index (κ3) is 3.34. The smallest absolute Gasteiger partial charge is 0.255 e. The Morgan fingerprint density at radius 1 is 0.952 bits per heavy atom. The molecule has 0 aromatic heterocycles. The first kappa shape index (κ1) is 14.9. The maximum absolute atomic E-state index is 12.4. The van der Waals surface area contributed by atoms with E-state index in [9.17, 15) is 4.79 Å². The Hall–Kier alpha value is -2.49. The standard InChI is InChI=1S/C17H19NO3/c1-12(13-8-4-6-10-15(13)20-2)18-17(19)14-9-5-7-11-16(14)21-3/h4-12H,1-3H3,(H,18,19)/t12-/m0/s1. The number of methoxy groups -OCH3 is 2. The van der Waals surface area contributed by atoms with Crippen molar-refractivity contribution in [3.05, 3.63) is 59.7 Å². The van der Waals surface area contributed by atoms with Crippen molar-refractivity contribution in [3.63, 3.8) is 0 Å². The average Bonchev–Trinajstić information content (AvgIpc) is 2.54. The number of hydrogen-bond acceptors (Lipinski definition) is 3. The Kier molecular flexibility index (Phi) is 4.82. The lowest BCUT2D eigenvalue weighted by molar-refractivity contribution is 0.0936. The van der Waals surface area contributed by atoms with E-state index in [-0.39, 0.29) is 11.9 Å². The topological polar surface area (TPSA) is 47.6 Å². The van der Waals surface area contributed by atoms with Crippen molar-refractivity contribution >= 4 is 5.91 Å². The predicted molar refractivity (Wildman–Crippen MR) is 81.9 cm³/mol. The van der Waals surface area contributed by atoms with Gasteiger partial charge in [0.05, 0.1) is 25.8 Å². The summed E-state index contributed by atoms with van der Waals surface area (Å²) in [6.45, 7) is 1.92. The highest BCUT2D eigenvalue weighted by Crippen LogP contribution is 2.25. The first-order chi connectivity index (χ1) is 10.2. The molecule has 0 aliphatic carbocycles. The van der Waals surface area contributed by atoms with Crippen LogP contribution < -0.4 is 14.8 Å². The summed E-state index contributed by atoms with van der Waals surface area (Å²) in [5, 5.41) is 2.96. The molecule has 0 aliphatic heterocycles. The molecule has 1 amide bonds. The van der Waals surface area contributed by atoms with Crippen molar-refractivity contribution in [2.24, 2.45) is 0 Å². The molecule has 0 saturated carbocycles. The summed E-state index contributed by atoms with van der Waals surface area (Å²) in [7, 11) is 3.17. The first-order valence-corrected chi connectivity index (χ1v) is 6.74. The SMILES string of the molecule is COc1ccccc1C(=O)N[C@@H](C)c1ccccc1OC. The zero-order chi connectivity index (χ0) is 15.2. The fraction of sp³-hybridized carbons (Fsp3) is 0.235. The van der Waals surface area contributed by atoms with E-state index in [4.69, 9.17) is 9.47 Å². The number of ether oxygens (including phenoxy) is 2. The summed E-state index contributed by atoms with van der Waals surface area (Å²) in [6.07, 6.45) is 0. The largest absolute Gasteiger partial charge is 0.496 e. The van der Waals surface area contributed by atoms with Gasteiger partial charge in [0.2, 0.25) is 0 Å². The van der Waals surface area contributed by atoms with Gasteiger partial charge < -0.3 is 14.8 Å². The number of rotatable bonds is 5. The second kappa shape index (κ2) is 6.79. The van der Waals surface area contributed by atoms with Gasteiger partial charge in [-0.25, -0.2) is 0 Å². The molecule has 2 aromatic rings. The molecule has 1 atom stereocenters. The van der Waals surface area contributed by atoms with Gasteiger partial charge in [-0.2, -0.15) is 0 Å². The number of para-hydroxylation sites is 2. The number of hydrogen-bond donors (Lipinski definition) is 1. The van der Waals surface area contributed by atoms with Crippen LogP contribution in [0.3, 0.4) is 0 Å². The summed E-state index contributed by atoms with van der Waals surface area (Å²) in [5.41, 5.74) is 1.45. The van der Waals surface area contributed by atoms with E-state index in [1.54, 1.807) is 26.4 Å². The summed E-state index contributed by atoms with van der Waals surface area (Å²) >= 11 is 0. The summed E-state index contributed by atoms with van der Waals surface area (Å²) in [4.78, 5) is 12.4. The highest BCUT2D eigenvalue weighted by atomic mass is 16.5. The molecule has 4 heteroatoms. The Balaban J connectivity index is 2.19. The van der Waals surface area contributed by atoms with Crippen LogP contribution in [0.1, 0.15) is 28.9 Å². The van der Waals surface area contributed by atoms with E-state index in [2.05, 4.69) is 5.32 Å². The lowest BCUT2D eigenvalue weighted by Crippen LogP contribution is -2.27. The monoisotopic (exact) mass is 285 g/mol. The average molecular weight is 285 g/mol. The molecule has 0 radical (unpaired) electrons. The predicted octanol–water partition coefficient (Wildman–Crippen LogP) is 3.19. The normalized spacial score (nSPS) is 11.6. The number of nitrogens with one attached hydrogen (secondary N) is 1. The van der Waals surface area contributed by atoms with E-state index in [1.807, 2.05) is 43.3 Å². The molecular weight excluding hydrogens is 266 g/mol. The summed E-state index contributed by atoms with van der Waals surface area (Å²) in [5.74, 6) is 1.14. The maximum atomic E-state index is 12.4. The van der Waals surface area contributed by atoms with Crippen molar-refractivity contribution in [1.82, 2.24) is 5.32 Å². The molecule has 0 bridgehead atoms. The Morgan fingerprint density at radius 3 is 2.19 bits per heavy atom. The highest BCUT2D eigenvalue weighted by molar-refractivity contribution is 5.97. The lowest BCUT2D eigenvalue weighted by atomic mass is 10.1. The molecule has 2 aromatic carbocycles. The molecule has 2 rings (SSSR count). The van der Waals surface area contributed by atoms with Crippen LogP contribution >= 0.6 is 0 Å². The maximum Gasteiger partial charge on any atom is 0.255 e.